The van der Waals surface area contributed by atoms with Crippen molar-refractivity contribution in [1.29, 1.82) is 0 Å². The molecule has 0 saturated carbocycles. The van der Waals surface area contributed by atoms with Gasteiger partial charge in [0.25, 0.3) is 0 Å². The fourth-order valence-corrected chi connectivity index (χ4v) is 6.31. The van der Waals surface area contributed by atoms with Gasteiger partial charge >= 0.3 is 5.97 Å². The molecule has 0 rings (SSSR count). The van der Waals surface area contributed by atoms with Gasteiger partial charge in [-0.3, -0.25) is 4.79 Å². The Morgan fingerprint density at radius 2 is 1.34 bits per heavy atom. The van der Waals surface area contributed by atoms with Crippen molar-refractivity contribution < 1.29 is 18.4 Å². The van der Waals surface area contributed by atoms with Crippen molar-refractivity contribution in [2.45, 2.75) is 149 Å². The van der Waals surface area contributed by atoms with Crippen LogP contribution < -0.4 is 0 Å². The quantitative estimate of drug-likeness (QED) is 0.193. The molecule has 0 bridgehead atoms. The van der Waals surface area contributed by atoms with E-state index in [-0.39, 0.29) is 27.8 Å². The lowest BCUT2D eigenvalue weighted by atomic mass is 9.93. The molecule has 0 N–H and O–H groups in total. The molecule has 32 heavy (non-hydrogen) atoms. The Bertz CT molecular complexity index is 571. The maximum Gasteiger partial charge on any atom is 0.302 e. The topological polar surface area (TPSA) is 44.8 Å². The molecule has 1 unspecified atom stereocenters. The minimum Gasteiger partial charge on any atom is -0.462 e. The van der Waals surface area contributed by atoms with Gasteiger partial charge in [0.05, 0.1) is 5.60 Å². The second kappa shape index (κ2) is 12.0. The maximum atomic E-state index is 11.6. The van der Waals surface area contributed by atoms with E-state index in [1.807, 2.05) is 0 Å². The first-order valence-corrected chi connectivity index (χ1v) is 18.4. The van der Waals surface area contributed by atoms with Crippen LogP contribution in [-0.4, -0.2) is 40.9 Å². The van der Waals surface area contributed by atoms with Gasteiger partial charge < -0.3 is 13.6 Å². The number of hydrogen-bond donors (Lipinski definition) is 0. The zero-order valence-electron chi connectivity index (χ0n) is 24.0. The highest BCUT2D eigenvalue weighted by atomic mass is 28.4. The number of esters is 1. The second-order valence-electron chi connectivity index (χ2n) is 13.5. The van der Waals surface area contributed by atoms with E-state index in [0.717, 1.165) is 32.1 Å². The van der Waals surface area contributed by atoms with E-state index >= 15 is 0 Å². The predicted molar refractivity (Wildman–Crippen MR) is 143 cm³/mol. The second-order valence-corrected chi connectivity index (χ2v) is 23.0. The molecular weight excluding hydrogens is 432 g/mol. The summed E-state index contributed by atoms with van der Waals surface area (Å²) in [7, 11) is -3.55. The van der Waals surface area contributed by atoms with Gasteiger partial charge in [0, 0.05) is 20.0 Å². The number of carbonyl (C=O) groups excluding carboxylic acids is 1. The minimum atomic E-state index is -1.78. The molecular formula is C26H56O4Si2. The standard InChI is InChI=1S/C26H56O4Si2/c1-21(16-15-18-26(9,10)30-32(13,14)25(6,7)8)20-23(29-22(2)27)17-19-28-31(11,12)24(3,4)5/h21,23H,15-20H2,1-14H3/t21-,23?/m0/s1. The zero-order chi connectivity index (χ0) is 25.6. The van der Waals surface area contributed by atoms with Crippen LogP contribution in [0.1, 0.15) is 101 Å². The summed E-state index contributed by atoms with van der Waals surface area (Å²) < 4.78 is 18.6. The normalized spacial score (nSPS) is 16.1. The number of carbonyl (C=O) groups is 1. The lowest BCUT2D eigenvalue weighted by Gasteiger charge is -2.43. The van der Waals surface area contributed by atoms with E-state index in [1.165, 1.54) is 6.92 Å². The molecule has 0 aliphatic carbocycles. The highest BCUT2D eigenvalue weighted by Crippen LogP contribution is 2.40. The first-order chi connectivity index (χ1) is 14.1. The summed E-state index contributed by atoms with van der Waals surface area (Å²) in [4.78, 5) is 11.6. The minimum absolute atomic E-state index is 0.0660. The van der Waals surface area contributed by atoms with Crippen LogP contribution >= 0.6 is 0 Å². The van der Waals surface area contributed by atoms with Gasteiger partial charge in [-0.1, -0.05) is 61.3 Å². The summed E-state index contributed by atoms with van der Waals surface area (Å²) >= 11 is 0. The Morgan fingerprint density at radius 3 is 1.78 bits per heavy atom. The van der Waals surface area contributed by atoms with Crippen LogP contribution in [-0.2, 0) is 18.4 Å². The van der Waals surface area contributed by atoms with Crippen LogP contribution in [0.5, 0.6) is 0 Å². The Hall–Kier alpha value is -0.176. The summed E-state index contributed by atoms with van der Waals surface area (Å²) in [6, 6.07) is 0. The third-order valence-electron chi connectivity index (χ3n) is 7.52. The Kier molecular flexibility index (Phi) is 11.9. The average Bonchev–Trinajstić information content (AvgIpc) is 2.50. The third kappa shape index (κ3) is 11.8. The summed E-state index contributed by atoms with van der Waals surface area (Å²) in [5.41, 5.74) is -0.102. The Morgan fingerprint density at radius 1 is 0.844 bits per heavy atom. The molecule has 192 valence electrons. The summed E-state index contributed by atoms with van der Waals surface area (Å²) in [6.45, 7) is 31.7. The van der Waals surface area contributed by atoms with Crippen molar-refractivity contribution in [3.63, 3.8) is 0 Å². The van der Waals surface area contributed by atoms with Crippen molar-refractivity contribution >= 4 is 22.6 Å². The molecule has 0 fully saturated rings. The highest BCUT2D eigenvalue weighted by Gasteiger charge is 2.41. The molecule has 0 aromatic carbocycles. The summed E-state index contributed by atoms with van der Waals surface area (Å²) in [6.07, 6.45) is 4.89. The van der Waals surface area contributed by atoms with Crippen LogP contribution in [0.3, 0.4) is 0 Å². The van der Waals surface area contributed by atoms with Crippen LogP contribution in [0, 0.1) is 5.92 Å². The first-order valence-electron chi connectivity index (χ1n) is 12.6. The average molecular weight is 489 g/mol. The lowest BCUT2D eigenvalue weighted by molar-refractivity contribution is -0.147. The molecule has 0 aliphatic heterocycles. The van der Waals surface area contributed by atoms with E-state index in [4.69, 9.17) is 13.6 Å². The van der Waals surface area contributed by atoms with E-state index in [2.05, 4.69) is 88.5 Å². The molecule has 2 atom stereocenters. The van der Waals surface area contributed by atoms with Gasteiger partial charge in [-0.25, -0.2) is 0 Å². The highest BCUT2D eigenvalue weighted by molar-refractivity contribution is 6.74. The third-order valence-corrected chi connectivity index (χ3v) is 16.7. The van der Waals surface area contributed by atoms with Gasteiger partial charge in [-0.05, 0) is 68.9 Å². The lowest BCUT2D eigenvalue weighted by Crippen LogP contribution is -2.47. The SMILES string of the molecule is CC(=O)OC(CCO[Si](C)(C)C(C)(C)C)C[C@@H](C)CCCC(C)(C)O[Si](C)(C)C(C)(C)C. The van der Waals surface area contributed by atoms with Crippen LogP contribution in [0.15, 0.2) is 0 Å². The molecule has 0 aromatic heterocycles. The molecule has 0 saturated heterocycles. The van der Waals surface area contributed by atoms with Crippen molar-refractivity contribution in [3.8, 4) is 0 Å². The first kappa shape index (κ1) is 31.8. The number of ether oxygens (including phenoxy) is 1. The molecule has 0 aliphatic rings. The van der Waals surface area contributed by atoms with Gasteiger partial charge in [-0.2, -0.15) is 0 Å². The molecule has 0 radical (unpaired) electrons. The Balaban J connectivity index is 4.69. The van der Waals surface area contributed by atoms with Gasteiger partial charge in [0.2, 0.25) is 0 Å². The van der Waals surface area contributed by atoms with E-state index < -0.39 is 16.6 Å². The van der Waals surface area contributed by atoms with E-state index in [1.54, 1.807) is 0 Å². The summed E-state index contributed by atoms with van der Waals surface area (Å²) in [5.74, 6) is 0.300. The van der Waals surface area contributed by atoms with Gasteiger partial charge in [0.1, 0.15) is 6.10 Å². The zero-order valence-corrected chi connectivity index (χ0v) is 26.0. The van der Waals surface area contributed by atoms with Crippen LogP contribution in [0.4, 0.5) is 0 Å². The van der Waals surface area contributed by atoms with Gasteiger partial charge in [-0.15, -0.1) is 0 Å². The molecule has 6 heteroatoms. The fraction of sp³-hybridized carbons (Fsp3) is 0.962. The smallest absolute Gasteiger partial charge is 0.302 e. The monoisotopic (exact) mass is 488 g/mol. The van der Waals surface area contributed by atoms with Gasteiger partial charge in [0.15, 0.2) is 16.6 Å². The van der Waals surface area contributed by atoms with Crippen molar-refractivity contribution in [3.05, 3.63) is 0 Å². The molecule has 0 heterocycles. The van der Waals surface area contributed by atoms with E-state index in [0.29, 0.717) is 12.5 Å². The molecule has 0 spiro atoms. The summed E-state index contributed by atoms with van der Waals surface area (Å²) in [5, 5.41) is 0.414. The number of rotatable bonds is 13. The maximum absolute atomic E-state index is 11.6. The van der Waals surface area contributed by atoms with Crippen molar-refractivity contribution in [2.24, 2.45) is 5.92 Å². The van der Waals surface area contributed by atoms with Crippen molar-refractivity contribution in [1.82, 2.24) is 0 Å². The van der Waals surface area contributed by atoms with Crippen molar-refractivity contribution in [2.75, 3.05) is 6.61 Å². The van der Waals surface area contributed by atoms with E-state index in [9.17, 15) is 4.79 Å². The Labute approximate surface area is 202 Å². The molecule has 4 nitrogen and oxygen atoms in total. The largest absolute Gasteiger partial charge is 0.462 e. The van der Waals surface area contributed by atoms with Crippen LogP contribution in [0.2, 0.25) is 36.3 Å². The van der Waals surface area contributed by atoms with Crippen LogP contribution in [0.25, 0.3) is 0 Å². The number of hydrogen-bond acceptors (Lipinski definition) is 4. The fourth-order valence-electron chi connectivity index (χ4n) is 3.46. The predicted octanol–water partition coefficient (Wildman–Crippen LogP) is 8.33. The molecule has 0 aromatic rings. The molecule has 0 amide bonds.